The minimum atomic E-state index is 0.334. The second-order valence-electron chi connectivity index (χ2n) is 3.61. The number of nitrogens with one attached hydrogen (secondary N) is 1. The molecule has 0 radical (unpaired) electrons. The summed E-state index contributed by atoms with van der Waals surface area (Å²) >= 11 is 0. The Morgan fingerprint density at radius 3 is 3.08 bits per heavy atom. The van der Waals surface area contributed by atoms with Crippen LogP contribution < -0.4 is 5.32 Å². The lowest BCUT2D eigenvalue weighted by Gasteiger charge is -2.30. The molecule has 1 N–H and O–H groups in total. The van der Waals surface area contributed by atoms with E-state index in [4.69, 9.17) is 4.74 Å². The highest BCUT2D eigenvalue weighted by Crippen LogP contribution is 2.02. The molecule has 0 saturated carbocycles. The standard InChI is InChI=1S/C10H20N2O/c1-4-9(2)12(3)8-10-7-11-5-6-13-10/h4,9-11H,1,5-8H2,2-3H3. The summed E-state index contributed by atoms with van der Waals surface area (Å²) in [5.74, 6) is 0. The molecule has 1 rings (SSSR count). The van der Waals surface area contributed by atoms with Gasteiger partial charge in [-0.2, -0.15) is 0 Å². The Bertz CT molecular complexity index is 155. The Morgan fingerprint density at radius 1 is 1.77 bits per heavy atom. The molecule has 1 aliphatic heterocycles. The van der Waals surface area contributed by atoms with Gasteiger partial charge in [-0.25, -0.2) is 0 Å². The van der Waals surface area contributed by atoms with Gasteiger partial charge >= 0.3 is 0 Å². The highest BCUT2D eigenvalue weighted by Gasteiger charge is 2.16. The van der Waals surface area contributed by atoms with Gasteiger partial charge in [-0.05, 0) is 14.0 Å². The largest absolute Gasteiger partial charge is 0.374 e. The molecule has 0 aliphatic carbocycles. The number of ether oxygens (including phenoxy) is 1. The summed E-state index contributed by atoms with van der Waals surface area (Å²) in [6.45, 7) is 9.68. The maximum absolute atomic E-state index is 5.60. The van der Waals surface area contributed by atoms with Crippen LogP contribution in [0.25, 0.3) is 0 Å². The first-order chi connectivity index (χ1) is 6.24. The minimum Gasteiger partial charge on any atom is -0.374 e. The molecule has 2 atom stereocenters. The number of rotatable bonds is 4. The number of nitrogens with zero attached hydrogens (tertiary/aromatic N) is 1. The van der Waals surface area contributed by atoms with E-state index in [9.17, 15) is 0 Å². The second kappa shape index (κ2) is 5.37. The molecule has 0 spiro atoms. The summed E-state index contributed by atoms with van der Waals surface area (Å²) in [5, 5.41) is 3.32. The lowest BCUT2D eigenvalue weighted by Crippen LogP contribution is -2.45. The molecule has 3 heteroatoms. The molecule has 0 aromatic heterocycles. The van der Waals surface area contributed by atoms with Gasteiger partial charge in [0, 0.05) is 25.7 Å². The van der Waals surface area contributed by atoms with Crippen LogP contribution in [0.1, 0.15) is 6.92 Å². The Balaban J connectivity index is 2.25. The van der Waals surface area contributed by atoms with Crippen molar-refractivity contribution in [2.24, 2.45) is 0 Å². The van der Waals surface area contributed by atoms with Crippen LogP contribution in [0.15, 0.2) is 12.7 Å². The molecule has 1 fully saturated rings. The van der Waals surface area contributed by atoms with Gasteiger partial charge < -0.3 is 10.1 Å². The Labute approximate surface area is 80.8 Å². The monoisotopic (exact) mass is 184 g/mol. The lowest BCUT2D eigenvalue weighted by atomic mass is 10.2. The first-order valence-electron chi connectivity index (χ1n) is 4.89. The van der Waals surface area contributed by atoms with E-state index in [1.165, 1.54) is 0 Å². The molecule has 1 aliphatic rings. The van der Waals surface area contributed by atoms with Crippen molar-refractivity contribution in [2.45, 2.75) is 19.1 Å². The van der Waals surface area contributed by atoms with Gasteiger partial charge in [-0.3, -0.25) is 4.90 Å². The van der Waals surface area contributed by atoms with E-state index in [1.807, 2.05) is 6.08 Å². The van der Waals surface area contributed by atoms with Crippen LogP contribution in [-0.4, -0.2) is 50.3 Å². The van der Waals surface area contributed by atoms with Gasteiger partial charge in [0.15, 0.2) is 0 Å². The highest BCUT2D eigenvalue weighted by atomic mass is 16.5. The van der Waals surface area contributed by atoms with E-state index < -0.39 is 0 Å². The van der Waals surface area contributed by atoms with E-state index in [0.717, 1.165) is 26.2 Å². The average Bonchev–Trinajstić information content (AvgIpc) is 2.18. The van der Waals surface area contributed by atoms with Crippen LogP contribution in [0.3, 0.4) is 0 Å². The fraction of sp³-hybridized carbons (Fsp3) is 0.800. The minimum absolute atomic E-state index is 0.334. The van der Waals surface area contributed by atoms with Crippen LogP contribution >= 0.6 is 0 Å². The third-order valence-corrected chi connectivity index (χ3v) is 2.53. The van der Waals surface area contributed by atoms with E-state index in [-0.39, 0.29) is 0 Å². The van der Waals surface area contributed by atoms with Gasteiger partial charge in [0.1, 0.15) is 0 Å². The van der Waals surface area contributed by atoms with Crippen molar-refractivity contribution in [2.75, 3.05) is 33.3 Å². The number of morpholine rings is 1. The molecule has 1 saturated heterocycles. The van der Waals surface area contributed by atoms with E-state index >= 15 is 0 Å². The summed E-state index contributed by atoms with van der Waals surface area (Å²) in [6.07, 6.45) is 2.29. The number of hydrogen-bond acceptors (Lipinski definition) is 3. The molecule has 2 unspecified atom stereocenters. The van der Waals surface area contributed by atoms with Crippen LogP contribution in [0.5, 0.6) is 0 Å². The van der Waals surface area contributed by atoms with Crippen molar-refractivity contribution >= 4 is 0 Å². The van der Waals surface area contributed by atoms with Crippen molar-refractivity contribution in [3.8, 4) is 0 Å². The van der Waals surface area contributed by atoms with E-state index in [1.54, 1.807) is 0 Å². The summed E-state index contributed by atoms with van der Waals surface area (Å²) in [7, 11) is 2.10. The molecule has 13 heavy (non-hydrogen) atoms. The summed E-state index contributed by atoms with van der Waals surface area (Å²) < 4.78 is 5.60. The summed E-state index contributed by atoms with van der Waals surface area (Å²) in [5.41, 5.74) is 0. The van der Waals surface area contributed by atoms with E-state index in [2.05, 4.69) is 30.8 Å². The van der Waals surface area contributed by atoms with Gasteiger partial charge in [0.2, 0.25) is 0 Å². The predicted molar refractivity (Wildman–Crippen MR) is 54.9 cm³/mol. The average molecular weight is 184 g/mol. The van der Waals surface area contributed by atoms with Crippen LogP contribution in [0.2, 0.25) is 0 Å². The fourth-order valence-electron chi connectivity index (χ4n) is 1.40. The SMILES string of the molecule is C=CC(C)N(C)CC1CNCCO1. The maximum Gasteiger partial charge on any atom is 0.0826 e. The van der Waals surface area contributed by atoms with Crippen LogP contribution in [0, 0.1) is 0 Å². The zero-order chi connectivity index (χ0) is 9.68. The third-order valence-electron chi connectivity index (χ3n) is 2.53. The highest BCUT2D eigenvalue weighted by molar-refractivity contribution is 4.84. The van der Waals surface area contributed by atoms with Crippen molar-refractivity contribution in [1.82, 2.24) is 10.2 Å². The predicted octanol–water partition coefficient (Wildman–Crippen LogP) is 0.481. The quantitative estimate of drug-likeness (QED) is 0.643. The van der Waals surface area contributed by atoms with E-state index in [0.29, 0.717) is 12.1 Å². The van der Waals surface area contributed by atoms with Crippen molar-refractivity contribution in [3.63, 3.8) is 0 Å². The third kappa shape index (κ3) is 3.46. The zero-order valence-electron chi connectivity index (χ0n) is 8.62. The van der Waals surface area contributed by atoms with Gasteiger partial charge in [-0.1, -0.05) is 6.08 Å². The number of hydrogen-bond donors (Lipinski definition) is 1. The molecule has 1 heterocycles. The van der Waals surface area contributed by atoms with Crippen molar-refractivity contribution < 1.29 is 4.74 Å². The normalized spacial score (nSPS) is 25.9. The van der Waals surface area contributed by atoms with Crippen molar-refractivity contribution in [3.05, 3.63) is 12.7 Å². The zero-order valence-corrected chi connectivity index (χ0v) is 8.62. The Hall–Kier alpha value is -0.380. The smallest absolute Gasteiger partial charge is 0.0826 e. The Morgan fingerprint density at radius 2 is 2.54 bits per heavy atom. The van der Waals surface area contributed by atoms with Gasteiger partial charge in [0.05, 0.1) is 12.7 Å². The fourth-order valence-corrected chi connectivity index (χ4v) is 1.40. The van der Waals surface area contributed by atoms with Crippen molar-refractivity contribution in [1.29, 1.82) is 0 Å². The molecule has 0 amide bonds. The first kappa shape index (κ1) is 10.7. The second-order valence-corrected chi connectivity index (χ2v) is 3.61. The topological polar surface area (TPSA) is 24.5 Å². The summed E-state index contributed by atoms with van der Waals surface area (Å²) in [4.78, 5) is 2.25. The number of likely N-dealkylation sites (N-methyl/N-ethyl adjacent to an activating group) is 1. The maximum atomic E-state index is 5.60. The molecule has 76 valence electrons. The molecule has 0 bridgehead atoms. The first-order valence-corrected chi connectivity index (χ1v) is 4.89. The molecule has 3 nitrogen and oxygen atoms in total. The van der Waals surface area contributed by atoms with Crippen LogP contribution in [0.4, 0.5) is 0 Å². The van der Waals surface area contributed by atoms with Crippen LogP contribution in [-0.2, 0) is 4.74 Å². The lowest BCUT2D eigenvalue weighted by molar-refractivity contribution is 0.00705. The molecular weight excluding hydrogens is 164 g/mol. The van der Waals surface area contributed by atoms with Gasteiger partial charge in [0.25, 0.3) is 0 Å². The molecule has 0 aromatic rings. The Kier molecular flexibility index (Phi) is 4.42. The molecule has 0 aromatic carbocycles. The molecular formula is C10H20N2O. The van der Waals surface area contributed by atoms with Gasteiger partial charge in [-0.15, -0.1) is 6.58 Å². The summed E-state index contributed by atoms with van der Waals surface area (Å²) in [6, 6.07) is 0.422.